The molecule has 0 spiro atoms. The molecule has 0 bridgehead atoms. The summed E-state index contributed by atoms with van der Waals surface area (Å²) in [6, 6.07) is 1.66. The molecule has 0 aliphatic carbocycles. The van der Waals surface area contributed by atoms with E-state index in [2.05, 4.69) is 21.1 Å². The van der Waals surface area contributed by atoms with Gasteiger partial charge in [-0.2, -0.15) is 8.42 Å². The molecule has 1 aromatic heterocycles. The fraction of sp³-hybridized carbons (Fsp3) is 0.867. The third-order valence-corrected chi connectivity index (χ3v) is 8.60. The average Bonchev–Trinajstić information content (AvgIpc) is 2.94. The van der Waals surface area contributed by atoms with Gasteiger partial charge in [0.05, 0.1) is 32.7 Å². The van der Waals surface area contributed by atoms with E-state index in [4.69, 9.17) is 14.2 Å². The van der Waals surface area contributed by atoms with Crippen LogP contribution in [0.1, 0.15) is 110 Å². The van der Waals surface area contributed by atoms with Crippen molar-refractivity contribution in [3.63, 3.8) is 0 Å². The molecule has 1 rings (SSSR count). The largest absolute Gasteiger partial charge is 0.616 e. The van der Waals surface area contributed by atoms with E-state index in [9.17, 15) is 13.0 Å². The molecule has 0 aliphatic rings. The lowest BCUT2D eigenvalue weighted by molar-refractivity contribution is 0.0555. The van der Waals surface area contributed by atoms with Crippen molar-refractivity contribution >= 4 is 21.3 Å². The summed E-state index contributed by atoms with van der Waals surface area (Å²) in [5, 5.41) is 0. The van der Waals surface area contributed by atoms with Crippen LogP contribution >= 0.6 is 0 Å². The van der Waals surface area contributed by atoms with Gasteiger partial charge in [-0.1, -0.05) is 103 Å². The highest BCUT2D eigenvalue weighted by molar-refractivity contribution is 7.91. The quantitative estimate of drug-likeness (QED) is 0.0559. The maximum atomic E-state index is 12.6. The normalized spacial score (nSPS) is 13.3. The Morgan fingerprint density at radius 2 is 1.39 bits per heavy atom. The van der Waals surface area contributed by atoms with Crippen molar-refractivity contribution < 1.29 is 31.4 Å². The zero-order valence-electron chi connectivity index (χ0n) is 25.6. The summed E-state index contributed by atoms with van der Waals surface area (Å²) < 4.78 is 56.2. The van der Waals surface area contributed by atoms with Crippen molar-refractivity contribution in [2.45, 2.75) is 116 Å². The summed E-state index contributed by atoms with van der Waals surface area (Å²) in [6.45, 7) is 3.55. The van der Waals surface area contributed by atoms with Crippen molar-refractivity contribution in [2.75, 3.05) is 50.8 Å². The molecular weight excluding hydrogens is 564 g/mol. The fourth-order valence-electron chi connectivity index (χ4n) is 4.39. The summed E-state index contributed by atoms with van der Waals surface area (Å²) in [5.74, 6) is 1.01. The Balaban J connectivity index is 2.08. The maximum Gasteiger partial charge on any atom is 0.264 e. The van der Waals surface area contributed by atoms with Crippen LogP contribution in [0.3, 0.4) is 0 Å². The topological polar surface area (TPSA) is 120 Å². The molecule has 0 saturated carbocycles. The molecule has 41 heavy (non-hydrogen) atoms. The summed E-state index contributed by atoms with van der Waals surface area (Å²) >= 11 is -1.20. The Morgan fingerprint density at radius 1 is 0.805 bits per heavy atom. The van der Waals surface area contributed by atoms with Crippen LogP contribution in [0.15, 0.2) is 18.6 Å². The maximum absolute atomic E-state index is 12.6. The lowest BCUT2D eigenvalue weighted by Gasteiger charge is -2.20. The van der Waals surface area contributed by atoms with Gasteiger partial charge in [-0.25, -0.2) is 9.97 Å². The number of hydrogen-bond donors (Lipinski definition) is 0. The Bertz CT molecular complexity index is 803. The van der Waals surface area contributed by atoms with Crippen LogP contribution in [0.2, 0.25) is 0 Å². The molecule has 0 N–H and O–H groups in total. The van der Waals surface area contributed by atoms with Gasteiger partial charge in [0.15, 0.2) is 6.10 Å². The van der Waals surface area contributed by atoms with Gasteiger partial charge in [0.25, 0.3) is 10.1 Å². The second-order valence-corrected chi connectivity index (χ2v) is 13.9. The van der Waals surface area contributed by atoms with Gasteiger partial charge in [0.2, 0.25) is 5.88 Å². The zero-order valence-corrected chi connectivity index (χ0v) is 27.3. The van der Waals surface area contributed by atoms with E-state index in [1.165, 1.54) is 96.2 Å². The van der Waals surface area contributed by atoms with Gasteiger partial charge in [-0.3, -0.25) is 4.18 Å². The molecule has 1 aromatic rings. The highest BCUT2D eigenvalue weighted by Crippen LogP contribution is 2.14. The predicted octanol–water partition coefficient (Wildman–Crippen LogP) is 6.24. The smallest absolute Gasteiger partial charge is 0.264 e. The van der Waals surface area contributed by atoms with Gasteiger partial charge < -0.3 is 18.8 Å². The molecule has 0 radical (unpaired) electrons. The first kappa shape index (κ1) is 38.0. The summed E-state index contributed by atoms with van der Waals surface area (Å²) in [7, 11) is -3.48. The first-order valence-corrected chi connectivity index (χ1v) is 19.0. The van der Waals surface area contributed by atoms with E-state index < -0.39 is 27.4 Å². The third kappa shape index (κ3) is 26.4. The van der Waals surface area contributed by atoms with E-state index in [0.717, 1.165) is 19.1 Å². The Labute approximate surface area is 253 Å². The Hall–Kier alpha value is -0.980. The number of nitrogens with zero attached hydrogens (tertiary/aromatic N) is 2. The molecule has 2 atom stereocenters. The second-order valence-electron chi connectivity index (χ2n) is 10.6. The van der Waals surface area contributed by atoms with Crippen molar-refractivity contribution in [3.05, 3.63) is 18.6 Å². The number of ether oxygens (including phenoxy) is 3. The minimum Gasteiger partial charge on any atom is -0.616 e. The van der Waals surface area contributed by atoms with Gasteiger partial charge in [-0.15, -0.1) is 0 Å². The summed E-state index contributed by atoms with van der Waals surface area (Å²) in [5.41, 5.74) is 0. The van der Waals surface area contributed by atoms with Crippen LogP contribution in [0.4, 0.5) is 0 Å². The molecule has 0 aromatic carbocycles. The molecule has 0 saturated heterocycles. The van der Waals surface area contributed by atoms with Crippen LogP contribution in [-0.4, -0.2) is 79.8 Å². The SMILES string of the molecule is CCCCCCCCCCCCCCCCCCOCC(C[S+]([O-])CCOCCOS(C)(=O)=O)Oc1ccncn1. The van der Waals surface area contributed by atoms with Gasteiger partial charge in [0, 0.05) is 18.9 Å². The summed E-state index contributed by atoms with van der Waals surface area (Å²) in [6.07, 6.45) is 24.9. The molecule has 0 aliphatic heterocycles. The standard InChI is InChI=1S/C30H56N2O7S2/c1-3-4-5-6-7-8-9-10-11-12-13-14-15-16-17-18-21-37-26-29(39-30-19-20-31-28-32-30)27-40(33)25-24-36-22-23-38-41(2,34)35/h19-20,28-29H,3-18,21-27H2,1-2H3. The molecule has 1 heterocycles. The van der Waals surface area contributed by atoms with Crippen molar-refractivity contribution in [3.8, 4) is 5.88 Å². The zero-order chi connectivity index (χ0) is 29.9. The molecule has 240 valence electrons. The number of rotatable bonds is 30. The van der Waals surface area contributed by atoms with Crippen LogP contribution in [0, 0.1) is 0 Å². The van der Waals surface area contributed by atoms with E-state index in [1.807, 2.05) is 0 Å². The van der Waals surface area contributed by atoms with E-state index in [1.54, 1.807) is 12.3 Å². The van der Waals surface area contributed by atoms with Crippen LogP contribution in [0.5, 0.6) is 5.88 Å². The highest BCUT2D eigenvalue weighted by atomic mass is 32.2. The number of aromatic nitrogens is 2. The first-order chi connectivity index (χ1) is 19.9. The monoisotopic (exact) mass is 620 g/mol. The van der Waals surface area contributed by atoms with Crippen molar-refractivity contribution in [1.82, 2.24) is 9.97 Å². The fourth-order valence-corrected chi connectivity index (χ4v) is 5.81. The lowest BCUT2D eigenvalue weighted by Crippen LogP contribution is -2.34. The third-order valence-electron chi connectivity index (χ3n) is 6.64. The first-order valence-electron chi connectivity index (χ1n) is 15.7. The van der Waals surface area contributed by atoms with E-state index >= 15 is 0 Å². The van der Waals surface area contributed by atoms with Gasteiger partial charge in [-0.05, 0) is 17.6 Å². The average molecular weight is 621 g/mol. The minimum atomic E-state index is -3.48. The number of unbranched alkanes of at least 4 members (excludes halogenated alkanes) is 15. The van der Waals surface area contributed by atoms with E-state index in [-0.39, 0.29) is 25.6 Å². The van der Waals surface area contributed by atoms with Crippen LogP contribution in [0.25, 0.3) is 0 Å². The van der Waals surface area contributed by atoms with Crippen molar-refractivity contribution in [1.29, 1.82) is 0 Å². The van der Waals surface area contributed by atoms with E-state index in [0.29, 0.717) is 24.8 Å². The van der Waals surface area contributed by atoms with Crippen LogP contribution < -0.4 is 4.74 Å². The molecule has 2 unspecified atom stereocenters. The molecule has 0 amide bonds. The second kappa shape index (κ2) is 26.6. The van der Waals surface area contributed by atoms with Gasteiger partial charge in [0.1, 0.15) is 17.8 Å². The summed E-state index contributed by atoms with van der Waals surface area (Å²) in [4.78, 5) is 8.00. The lowest BCUT2D eigenvalue weighted by atomic mass is 10.0. The number of hydrogen-bond acceptors (Lipinski definition) is 9. The molecule has 0 fully saturated rings. The Kier molecular flexibility index (Phi) is 24.7. The minimum absolute atomic E-state index is 0.0574. The molecule has 11 heteroatoms. The Morgan fingerprint density at radius 3 is 1.93 bits per heavy atom. The van der Waals surface area contributed by atoms with Crippen LogP contribution in [-0.2, 0) is 35.0 Å². The van der Waals surface area contributed by atoms with Crippen molar-refractivity contribution in [2.24, 2.45) is 0 Å². The molecular formula is C30H56N2O7S2. The molecule has 9 nitrogen and oxygen atoms in total. The highest BCUT2D eigenvalue weighted by Gasteiger charge is 2.20. The van der Waals surface area contributed by atoms with Gasteiger partial charge >= 0.3 is 0 Å². The predicted molar refractivity (Wildman–Crippen MR) is 166 cm³/mol.